The van der Waals surface area contributed by atoms with Crippen LogP contribution in [0.25, 0.3) is 0 Å². The molecule has 2 aromatic rings. The second kappa shape index (κ2) is 14.2. The second-order valence-corrected chi connectivity index (χ2v) is 12.4. The molecule has 0 spiro atoms. The number of hydrogen-bond acceptors (Lipinski definition) is 6. The van der Waals surface area contributed by atoms with Crippen molar-refractivity contribution in [2.24, 2.45) is 11.8 Å². The van der Waals surface area contributed by atoms with E-state index in [0.29, 0.717) is 33.8 Å². The fraction of sp³-hybridized carbons (Fsp3) is 0.429. The molecular weight excluding hydrogens is 524 g/mol. The van der Waals surface area contributed by atoms with Gasteiger partial charge in [-0.25, -0.2) is 9.59 Å². The highest BCUT2D eigenvalue weighted by Crippen LogP contribution is 2.41. The minimum atomic E-state index is -1.09. The summed E-state index contributed by atoms with van der Waals surface area (Å²) in [6.45, 7) is 11.3. The molecule has 8 nitrogen and oxygen atoms in total. The summed E-state index contributed by atoms with van der Waals surface area (Å²) in [6, 6.07) is 8.56. The first-order valence-electron chi connectivity index (χ1n) is 12.4. The van der Waals surface area contributed by atoms with E-state index in [1.807, 2.05) is 53.7 Å². The van der Waals surface area contributed by atoms with Gasteiger partial charge in [-0.05, 0) is 73.9 Å². The number of benzene rings is 2. The fourth-order valence-corrected chi connectivity index (χ4v) is 6.23. The molecule has 0 fully saturated rings. The summed E-state index contributed by atoms with van der Waals surface area (Å²) in [7, 11) is 2.56. The summed E-state index contributed by atoms with van der Waals surface area (Å²) < 4.78 is 0. The number of hydrogen-bond donors (Lipinski definition) is 4. The molecule has 4 N–H and O–H groups in total. The zero-order valence-electron chi connectivity index (χ0n) is 22.5. The molecular formula is C28H36N2O6S2. The number of rotatable bonds is 13. The third-order valence-electron chi connectivity index (χ3n) is 5.61. The van der Waals surface area contributed by atoms with E-state index in [9.17, 15) is 29.4 Å². The lowest BCUT2D eigenvalue weighted by Crippen LogP contribution is -2.41. The van der Waals surface area contributed by atoms with Gasteiger partial charge in [0.2, 0.25) is 0 Å². The molecule has 0 bridgehead atoms. The number of carbonyl (C=O) groups is 4. The Morgan fingerprint density at radius 3 is 1.32 bits per heavy atom. The molecule has 0 aliphatic rings. The lowest BCUT2D eigenvalue weighted by molar-refractivity contribution is -0.140. The third-order valence-corrected chi connectivity index (χ3v) is 8.05. The second-order valence-electron chi connectivity index (χ2n) is 10.2. The molecule has 206 valence electrons. The number of aliphatic carboxylic acids is 2. The van der Waals surface area contributed by atoms with Crippen molar-refractivity contribution in [3.63, 3.8) is 0 Å². The first-order chi connectivity index (χ1) is 17.8. The topological polar surface area (TPSA) is 133 Å². The van der Waals surface area contributed by atoms with Crippen LogP contribution >= 0.6 is 21.6 Å². The Hall–Kier alpha value is -2.98. The van der Waals surface area contributed by atoms with Gasteiger partial charge in [0.05, 0.1) is 11.1 Å². The lowest BCUT2D eigenvalue weighted by atomic mass is 10.0. The molecule has 2 atom stereocenters. The van der Waals surface area contributed by atoms with E-state index in [0.717, 1.165) is 11.1 Å². The molecule has 0 aromatic heterocycles. The fourth-order valence-electron chi connectivity index (χ4n) is 3.72. The van der Waals surface area contributed by atoms with E-state index >= 15 is 0 Å². The molecule has 0 unspecified atom stereocenters. The molecule has 0 radical (unpaired) electrons. The zero-order chi connectivity index (χ0) is 28.6. The number of aryl methyl sites for hydroxylation is 2. The van der Waals surface area contributed by atoms with Crippen LogP contribution in [-0.4, -0.2) is 46.0 Å². The van der Waals surface area contributed by atoms with Gasteiger partial charge in [0.1, 0.15) is 12.1 Å². The van der Waals surface area contributed by atoms with Gasteiger partial charge in [-0.3, -0.25) is 9.59 Å². The van der Waals surface area contributed by atoms with Crippen LogP contribution in [0.15, 0.2) is 46.2 Å². The van der Waals surface area contributed by atoms with Crippen LogP contribution < -0.4 is 10.6 Å². The Kier molecular flexibility index (Phi) is 11.7. The highest BCUT2D eigenvalue weighted by molar-refractivity contribution is 8.76. The predicted octanol–water partition coefficient (Wildman–Crippen LogP) is 5.56. The van der Waals surface area contributed by atoms with Crippen molar-refractivity contribution in [2.45, 2.75) is 76.3 Å². The van der Waals surface area contributed by atoms with Crippen molar-refractivity contribution in [3.05, 3.63) is 58.7 Å². The molecule has 0 saturated carbocycles. The Balaban J connectivity index is 2.30. The van der Waals surface area contributed by atoms with E-state index < -0.39 is 35.8 Å². The predicted molar refractivity (Wildman–Crippen MR) is 151 cm³/mol. The third kappa shape index (κ3) is 9.40. The van der Waals surface area contributed by atoms with Gasteiger partial charge in [0.25, 0.3) is 11.8 Å². The van der Waals surface area contributed by atoms with Crippen LogP contribution in [0.4, 0.5) is 0 Å². The van der Waals surface area contributed by atoms with Gasteiger partial charge in [0, 0.05) is 9.79 Å². The molecule has 2 amide bonds. The Morgan fingerprint density at radius 2 is 1.03 bits per heavy atom. The molecule has 0 saturated heterocycles. The molecule has 10 heteroatoms. The zero-order valence-corrected chi connectivity index (χ0v) is 24.2. The van der Waals surface area contributed by atoms with E-state index in [1.54, 1.807) is 24.3 Å². The molecule has 2 aromatic carbocycles. The smallest absolute Gasteiger partial charge is 0.326 e. The summed E-state index contributed by atoms with van der Waals surface area (Å²) in [5, 5.41) is 24.3. The van der Waals surface area contributed by atoms with Crippen LogP contribution in [0.2, 0.25) is 0 Å². The maximum atomic E-state index is 13.1. The normalized spacial score (nSPS) is 12.7. The van der Waals surface area contributed by atoms with E-state index in [1.165, 1.54) is 21.6 Å². The number of carbonyl (C=O) groups excluding carboxylic acids is 2. The average Bonchev–Trinajstić information content (AvgIpc) is 2.81. The van der Waals surface area contributed by atoms with Crippen molar-refractivity contribution >= 4 is 45.3 Å². The van der Waals surface area contributed by atoms with E-state index in [-0.39, 0.29) is 11.8 Å². The molecule has 38 heavy (non-hydrogen) atoms. The standard InChI is InChI=1S/C28H36N2O6S2/c1-15(2)11-21(27(33)34)29-25(31)19-9-7-17(5)13-23(19)37-38-24-14-18(6)8-10-20(24)26(32)30-22(28(35)36)12-16(3)4/h7-10,13-16,21-22H,11-12H2,1-6H3,(H,29,31)(H,30,32)(H,33,34)(H,35,36)/t21-,22-/m0/s1. The number of carboxylic acids is 2. The van der Waals surface area contributed by atoms with Gasteiger partial charge in [-0.15, -0.1) is 0 Å². The maximum Gasteiger partial charge on any atom is 0.326 e. The van der Waals surface area contributed by atoms with Crippen LogP contribution in [-0.2, 0) is 9.59 Å². The molecule has 0 aliphatic heterocycles. The van der Waals surface area contributed by atoms with Crippen molar-refractivity contribution in [3.8, 4) is 0 Å². The Bertz CT molecular complexity index is 1090. The SMILES string of the molecule is Cc1ccc(C(=O)N[C@@H](CC(C)C)C(=O)O)c(SSc2cc(C)ccc2C(=O)N[C@@H](CC(C)C)C(=O)O)c1. The summed E-state index contributed by atoms with van der Waals surface area (Å²) in [6.07, 6.45) is 0.611. The van der Waals surface area contributed by atoms with Crippen LogP contribution in [0.3, 0.4) is 0 Å². The molecule has 0 heterocycles. The highest BCUT2D eigenvalue weighted by atomic mass is 33.1. The van der Waals surface area contributed by atoms with Crippen molar-refractivity contribution in [1.82, 2.24) is 10.6 Å². The monoisotopic (exact) mass is 560 g/mol. The number of amides is 2. The van der Waals surface area contributed by atoms with Crippen molar-refractivity contribution in [2.75, 3.05) is 0 Å². The van der Waals surface area contributed by atoms with Crippen molar-refractivity contribution in [1.29, 1.82) is 0 Å². The summed E-state index contributed by atoms with van der Waals surface area (Å²) in [4.78, 5) is 50.7. The van der Waals surface area contributed by atoms with Gasteiger partial charge >= 0.3 is 11.9 Å². The molecule has 2 rings (SSSR count). The maximum absolute atomic E-state index is 13.1. The van der Waals surface area contributed by atoms with Crippen LogP contribution in [0.1, 0.15) is 72.4 Å². The largest absolute Gasteiger partial charge is 0.480 e. The summed E-state index contributed by atoms with van der Waals surface area (Å²) >= 11 is 0. The van der Waals surface area contributed by atoms with Crippen LogP contribution in [0, 0.1) is 25.7 Å². The first-order valence-corrected chi connectivity index (χ1v) is 14.6. The number of carboxylic acid groups (broad SMARTS) is 2. The lowest BCUT2D eigenvalue weighted by Gasteiger charge is -2.19. The Morgan fingerprint density at radius 1 is 0.684 bits per heavy atom. The minimum Gasteiger partial charge on any atom is -0.480 e. The summed E-state index contributed by atoms with van der Waals surface area (Å²) in [5.74, 6) is -2.97. The van der Waals surface area contributed by atoms with Gasteiger partial charge in [-0.2, -0.15) is 0 Å². The van der Waals surface area contributed by atoms with Crippen LogP contribution in [0.5, 0.6) is 0 Å². The minimum absolute atomic E-state index is 0.0889. The van der Waals surface area contributed by atoms with Gasteiger partial charge in [0.15, 0.2) is 0 Å². The van der Waals surface area contributed by atoms with Gasteiger partial charge < -0.3 is 20.8 Å². The first kappa shape index (κ1) is 31.2. The highest BCUT2D eigenvalue weighted by Gasteiger charge is 2.25. The van der Waals surface area contributed by atoms with Crippen molar-refractivity contribution < 1.29 is 29.4 Å². The van der Waals surface area contributed by atoms with Gasteiger partial charge in [-0.1, -0.05) is 61.4 Å². The molecule has 0 aliphatic carbocycles. The number of nitrogens with one attached hydrogen (secondary N) is 2. The quantitative estimate of drug-likeness (QED) is 0.234. The Labute approximate surface area is 231 Å². The average molecular weight is 561 g/mol. The van der Waals surface area contributed by atoms with E-state index in [4.69, 9.17) is 0 Å². The summed E-state index contributed by atoms with van der Waals surface area (Å²) in [5.41, 5.74) is 2.51. The van der Waals surface area contributed by atoms with E-state index in [2.05, 4.69) is 10.6 Å².